The van der Waals surface area contributed by atoms with Gasteiger partial charge in [0.25, 0.3) is 5.91 Å². The smallest absolute Gasteiger partial charge is 0.259 e. The van der Waals surface area contributed by atoms with E-state index in [-0.39, 0.29) is 30.6 Å². The molecule has 0 radical (unpaired) electrons. The zero-order chi connectivity index (χ0) is 17.7. The molecule has 5 heteroatoms. The molecule has 0 spiro atoms. The average Bonchev–Trinajstić information content (AvgIpc) is 2.94. The Morgan fingerprint density at radius 1 is 1.50 bits per heavy atom. The van der Waals surface area contributed by atoms with Crippen LogP contribution in [-0.4, -0.2) is 49.3 Å². The van der Waals surface area contributed by atoms with Gasteiger partial charge in [-0.3, -0.25) is 4.79 Å². The Kier molecular flexibility index (Phi) is 6.24. The molecule has 2 rings (SSSR count). The van der Waals surface area contributed by atoms with E-state index in [1.807, 2.05) is 18.2 Å². The topological polar surface area (TPSA) is 61.8 Å². The number of carbonyl (C=O) groups excluding carboxylic acids is 1. The van der Waals surface area contributed by atoms with Crippen molar-refractivity contribution in [3.8, 4) is 5.75 Å². The Morgan fingerprint density at radius 2 is 2.25 bits per heavy atom. The van der Waals surface area contributed by atoms with Crippen LogP contribution in [0.3, 0.4) is 0 Å². The van der Waals surface area contributed by atoms with Crippen LogP contribution in [-0.2, 0) is 4.79 Å². The number of rotatable bonds is 7. The zero-order valence-corrected chi connectivity index (χ0v) is 15.2. The summed E-state index contributed by atoms with van der Waals surface area (Å²) >= 11 is 0. The van der Waals surface area contributed by atoms with Crippen LogP contribution in [0.5, 0.6) is 5.75 Å². The van der Waals surface area contributed by atoms with Crippen molar-refractivity contribution in [1.82, 2.24) is 10.2 Å². The first-order valence-electron chi connectivity index (χ1n) is 8.65. The van der Waals surface area contributed by atoms with Crippen LogP contribution in [0.1, 0.15) is 44.7 Å². The van der Waals surface area contributed by atoms with Crippen molar-refractivity contribution in [3.05, 3.63) is 29.8 Å². The Balaban J connectivity index is 1.98. The Labute approximate surface area is 145 Å². The summed E-state index contributed by atoms with van der Waals surface area (Å²) in [5, 5.41) is 13.4. The van der Waals surface area contributed by atoms with Crippen LogP contribution in [0.25, 0.3) is 0 Å². The molecule has 1 fully saturated rings. The van der Waals surface area contributed by atoms with Crippen molar-refractivity contribution in [3.63, 3.8) is 0 Å². The molecule has 5 nitrogen and oxygen atoms in total. The SMILES string of the molecule is CC(NC1CCCC1(C)CO)c1cccc(OCC(=O)N(C)C)c1. The maximum atomic E-state index is 11.6. The molecule has 1 aromatic carbocycles. The molecule has 0 aromatic heterocycles. The van der Waals surface area contributed by atoms with Gasteiger partial charge in [-0.15, -0.1) is 0 Å². The minimum atomic E-state index is -0.0590. The minimum Gasteiger partial charge on any atom is -0.484 e. The molecule has 1 aromatic rings. The number of amides is 1. The summed E-state index contributed by atoms with van der Waals surface area (Å²) in [6.07, 6.45) is 3.30. The second-order valence-electron chi connectivity index (χ2n) is 7.29. The highest BCUT2D eigenvalue weighted by Crippen LogP contribution is 2.38. The van der Waals surface area contributed by atoms with E-state index in [9.17, 15) is 9.90 Å². The molecule has 134 valence electrons. The summed E-state index contributed by atoms with van der Waals surface area (Å²) in [6.45, 7) is 4.54. The number of likely N-dealkylation sites (N-methyl/N-ethyl adjacent to an activating group) is 1. The van der Waals surface area contributed by atoms with Crippen molar-refractivity contribution in [2.75, 3.05) is 27.3 Å². The molecule has 0 aliphatic heterocycles. The van der Waals surface area contributed by atoms with Crippen LogP contribution in [0, 0.1) is 5.41 Å². The van der Waals surface area contributed by atoms with E-state index >= 15 is 0 Å². The van der Waals surface area contributed by atoms with Crippen LogP contribution < -0.4 is 10.1 Å². The van der Waals surface area contributed by atoms with E-state index < -0.39 is 0 Å². The lowest BCUT2D eigenvalue weighted by atomic mass is 9.85. The number of ether oxygens (including phenoxy) is 1. The van der Waals surface area contributed by atoms with E-state index in [1.54, 1.807) is 14.1 Å². The number of nitrogens with one attached hydrogen (secondary N) is 1. The van der Waals surface area contributed by atoms with Crippen molar-refractivity contribution < 1.29 is 14.6 Å². The van der Waals surface area contributed by atoms with Crippen LogP contribution in [0.4, 0.5) is 0 Å². The Bertz CT molecular complexity index is 561. The molecular weight excluding hydrogens is 304 g/mol. The minimum absolute atomic E-state index is 0.0412. The van der Waals surface area contributed by atoms with Gasteiger partial charge in [0.15, 0.2) is 6.61 Å². The summed E-state index contributed by atoms with van der Waals surface area (Å²) in [7, 11) is 3.43. The molecule has 3 atom stereocenters. The first-order chi connectivity index (χ1) is 11.4. The fourth-order valence-electron chi connectivity index (χ4n) is 3.25. The number of carbonyl (C=O) groups is 1. The fraction of sp³-hybridized carbons (Fsp3) is 0.632. The second-order valence-corrected chi connectivity index (χ2v) is 7.29. The van der Waals surface area contributed by atoms with Gasteiger partial charge in [0.2, 0.25) is 0 Å². The first-order valence-corrected chi connectivity index (χ1v) is 8.65. The van der Waals surface area contributed by atoms with E-state index in [0.717, 1.165) is 24.8 Å². The van der Waals surface area contributed by atoms with Gasteiger partial charge in [-0.2, -0.15) is 0 Å². The molecule has 0 heterocycles. The Hall–Kier alpha value is -1.59. The number of aliphatic hydroxyl groups is 1. The molecular formula is C19H30N2O3. The maximum absolute atomic E-state index is 11.6. The second kappa shape index (κ2) is 7.99. The molecule has 1 aliphatic carbocycles. The van der Waals surface area contributed by atoms with Gasteiger partial charge in [-0.25, -0.2) is 0 Å². The Morgan fingerprint density at radius 3 is 2.92 bits per heavy atom. The quantitative estimate of drug-likeness (QED) is 0.803. The van der Waals surface area contributed by atoms with Gasteiger partial charge in [0.1, 0.15) is 5.75 Å². The summed E-state index contributed by atoms with van der Waals surface area (Å²) < 4.78 is 5.59. The molecule has 3 unspecified atom stereocenters. The highest BCUT2D eigenvalue weighted by Gasteiger charge is 2.38. The van der Waals surface area contributed by atoms with Crippen molar-refractivity contribution >= 4 is 5.91 Å². The molecule has 1 aliphatic rings. The van der Waals surface area contributed by atoms with Crippen molar-refractivity contribution in [2.45, 2.75) is 45.2 Å². The van der Waals surface area contributed by atoms with E-state index in [0.29, 0.717) is 11.8 Å². The zero-order valence-electron chi connectivity index (χ0n) is 15.2. The lowest BCUT2D eigenvalue weighted by Gasteiger charge is -2.32. The monoisotopic (exact) mass is 334 g/mol. The highest BCUT2D eigenvalue weighted by molar-refractivity contribution is 5.77. The van der Waals surface area contributed by atoms with E-state index in [4.69, 9.17) is 4.74 Å². The van der Waals surface area contributed by atoms with E-state index in [1.165, 1.54) is 4.90 Å². The van der Waals surface area contributed by atoms with Gasteiger partial charge in [0.05, 0.1) is 0 Å². The predicted octanol–water partition coefficient (Wildman–Crippen LogP) is 2.36. The molecule has 0 bridgehead atoms. The summed E-state index contributed by atoms with van der Waals surface area (Å²) in [6, 6.07) is 8.33. The van der Waals surface area contributed by atoms with Crippen molar-refractivity contribution in [2.24, 2.45) is 5.41 Å². The summed E-state index contributed by atoms with van der Waals surface area (Å²) in [4.78, 5) is 13.2. The molecule has 1 amide bonds. The van der Waals surface area contributed by atoms with Gasteiger partial charge >= 0.3 is 0 Å². The normalized spacial score (nSPS) is 24.6. The van der Waals surface area contributed by atoms with Crippen molar-refractivity contribution in [1.29, 1.82) is 0 Å². The largest absolute Gasteiger partial charge is 0.484 e. The third kappa shape index (κ3) is 4.48. The molecule has 24 heavy (non-hydrogen) atoms. The fourth-order valence-corrected chi connectivity index (χ4v) is 3.25. The van der Waals surface area contributed by atoms with Crippen LogP contribution in [0.2, 0.25) is 0 Å². The number of nitrogens with zero attached hydrogens (tertiary/aromatic N) is 1. The van der Waals surface area contributed by atoms with Gasteiger partial charge < -0.3 is 20.1 Å². The third-order valence-corrected chi connectivity index (χ3v) is 5.11. The number of benzene rings is 1. The predicted molar refractivity (Wildman–Crippen MR) is 95.0 cm³/mol. The van der Waals surface area contributed by atoms with Gasteiger partial charge in [-0.1, -0.05) is 25.5 Å². The lowest BCUT2D eigenvalue weighted by molar-refractivity contribution is -0.130. The third-order valence-electron chi connectivity index (χ3n) is 5.11. The number of hydrogen-bond acceptors (Lipinski definition) is 4. The standard InChI is InChI=1S/C19H30N2O3/c1-14(20-17-9-6-10-19(17,2)13-22)15-7-5-8-16(11-15)24-12-18(23)21(3)4/h5,7-8,11,14,17,20,22H,6,9-10,12-13H2,1-4H3. The summed E-state index contributed by atoms with van der Waals surface area (Å²) in [5.41, 5.74) is 1.08. The van der Waals surface area contributed by atoms with Gasteiger partial charge in [0, 0.05) is 38.2 Å². The summed E-state index contributed by atoms with van der Waals surface area (Å²) in [5.74, 6) is 0.643. The number of hydrogen-bond donors (Lipinski definition) is 2. The van der Waals surface area contributed by atoms with Gasteiger partial charge in [-0.05, 0) is 37.5 Å². The first kappa shape index (κ1) is 18.7. The number of aliphatic hydroxyl groups excluding tert-OH is 1. The van der Waals surface area contributed by atoms with Crippen LogP contribution >= 0.6 is 0 Å². The molecule has 2 N–H and O–H groups in total. The van der Waals surface area contributed by atoms with E-state index in [2.05, 4.69) is 25.2 Å². The highest BCUT2D eigenvalue weighted by atomic mass is 16.5. The van der Waals surface area contributed by atoms with Crippen LogP contribution in [0.15, 0.2) is 24.3 Å². The molecule has 1 saturated carbocycles. The maximum Gasteiger partial charge on any atom is 0.259 e. The average molecular weight is 334 g/mol. The lowest BCUT2D eigenvalue weighted by Crippen LogP contribution is -2.42. The molecule has 0 saturated heterocycles.